The molecule has 1 aromatic carbocycles. The number of benzene rings is 1. The van der Waals surface area contributed by atoms with Gasteiger partial charge in [-0.3, -0.25) is 14.4 Å². The van der Waals surface area contributed by atoms with E-state index in [0.29, 0.717) is 11.3 Å². The van der Waals surface area contributed by atoms with Crippen molar-refractivity contribution in [2.24, 2.45) is 17.6 Å². The molecule has 5 rings (SSSR count). The lowest BCUT2D eigenvalue weighted by Crippen LogP contribution is -2.63. The van der Waals surface area contributed by atoms with E-state index in [2.05, 4.69) is 4.90 Å². The zero-order chi connectivity index (χ0) is 27.8. The highest BCUT2D eigenvalue weighted by Crippen LogP contribution is 2.56. The molecule has 11 heteroatoms. The van der Waals surface area contributed by atoms with Crippen LogP contribution in [-0.4, -0.2) is 92.8 Å². The third kappa shape index (κ3) is 3.41. The number of hydrogen-bond donors (Lipinski definition) is 6. The Balaban J connectivity index is 1.65. The van der Waals surface area contributed by atoms with Crippen LogP contribution in [-0.2, 0) is 14.4 Å². The molecule has 204 valence electrons. The summed E-state index contributed by atoms with van der Waals surface area (Å²) in [5.74, 6) is -8.55. The van der Waals surface area contributed by atoms with E-state index in [1.807, 2.05) is 19.0 Å². The van der Waals surface area contributed by atoms with Gasteiger partial charge in [0.2, 0.25) is 5.78 Å². The summed E-state index contributed by atoms with van der Waals surface area (Å²) in [6, 6.07) is 3.62. The van der Waals surface area contributed by atoms with Crippen LogP contribution in [0.4, 0.5) is 5.69 Å². The maximum absolute atomic E-state index is 13.8. The number of carbonyl (C=O) groups excluding carboxylic acids is 3. The SMILES string of the molecule is CC1c2ccc(N(C)C3CCN(C)CC3)c(O)c2C(O)=C2C(=O)C3(O)C(O)=C(C(N)=O)C(=O)CC3C(O)C21. The minimum atomic E-state index is -2.84. The molecule has 1 saturated carbocycles. The van der Waals surface area contributed by atoms with Crippen LogP contribution in [0.2, 0.25) is 0 Å². The Morgan fingerprint density at radius 2 is 1.79 bits per heavy atom. The molecule has 0 spiro atoms. The lowest BCUT2D eigenvalue weighted by atomic mass is 9.55. The molecule has 0 radical (unpaired) electrons. The lowest BCUT2D eigenvalue weighted by Gasteiger charge is -2.50. The Hall–Kier alpha value is -3.41. The third-order valence-corrected chi connectivity index (χ3v) is 9.10. The number of ketones is 2. The van der Waals surface area contributed by atoms with Crippen molar-refractivity contribution >= 4 is 28.9 Å². The average molecular weight is 528 g/mol. The number of aromatic hydroxyl groups is 1. The van der Waals surface area contributed by atoms with Gasteiger partial charge in [-0.05, 0) is 50.5 Å². The molecule has 38 heavy (non-hydrogen) atoms. The monoisotopic (exact) mass is 527 g/mol. The Morgan fingerprint density at radius 1 is 1.16 bits per heavy atom. The Morgan fingerprint density at radius 3 is 2.39 bits per heavy atom. The molecule has 1 amide bonds. The van der Waals surface area contributed by atoms with Crippen LogP contribution >= 0.6 is 0 Å². The van der Waals surface area contributed by atoms with Gasteiger partial charge in [-0.2, -0.15) is 0 Å². The van der Waals surface area contributed by atoms with Gasteiger partial charge in [0, 0.05) is 36.9 Å². The number of carbonyl (C=O) groups is 3. The van der Waals surface area contributed by atoms with Gasteiger partial charge in [-0.15, -0.1) is 0 Å². The minimum absolute atomic E-state index is 0.00843. The van der Waals surface area contributed by atoms with E-state index in [-0.39, 0.29) is 22.9 Å². The smallest absolute Gasteiger partial charge is 0.255 e. The van der Waals surface area contributed by atoms with Crippen LogP contribution < -0.4 is 10.6 Å². The van der Waals surface area contributed by atoms with Gasteiger partial charge in [0.25, 0.3) is 5.91 Å². The van der Waals surface area contributed by atoms with Gasteiger partial charge in [-0.1, -0.05) is 13.0 Å². The number of rotatable bonds is 3. The van der Waals surface area contributed by atoms with Crippen LogP contribution in [0.1, 0.15) is 43.2 Å². The van der Waals surface area contributed by atoms with Crippen molar-refractivity contribution in [2.75, 3.05) is 32.1 Å². The number of phenols is 1. The normalized spacial score (nSPS) is 32.1. The molecule has 11 nitrogen and oxygen atoms in total. The van der Waals surface area contributed by atoms with Crippen LogP contribution in [0.3, 0.4) is 0 Å². The highest BCUT2D eigenvalue weighted by Gasteiger charge is 2.64. The van der Waals surface area contributed by atoms with E-state index in [1.54, 1.807) is 19.1 Å². The molecule has 1 aliphatic heterocycles. The van der Waals surface area contributed by atoms with Crippen molar-refractivity contribution in [3.63, 3.8) is 0 Å². The maximum Gasteiger partial charge on any atom is 0.255 e. The zero-order valence-electron chi connectivity index (χ0n) is 21.5. The van der Waals surface area contributed by atoms with E-state index >= 15 is 0 Å². The molecule has 5 unspecified atom stereocenters. The second-order valence-corrected chi connectivity index (χ2v) is 11.0. The first kappa shape index (κ1) is 26.2. The first-order valence-corrected chi connectivity index (χ1v) is 12.7. The van der Waals surface area contributed by atoms with Crippen LogP contribution in [0.5, 0.6) is 5.75 Å². The summed E-state index contributed by atoms with van der Waals surface area (Å²) in [6.07, 6.45) is -0.384. The number of piperidine rings is 1. The lowest BCUT2D eigenvalue weighted by molar-refractivity contribution is -0.160. The Bertz CT molecular complexity index is 1310. The van der Waals surface area contributed by atoms with Crippen molar-refractivity contribution in [2.45, 2.75) is 49.9 Å². The fourth-order valence-corrected chi connectivity index (χ4v) is 6.85. The number of Topliss-reactive ketones (excluding diaryl/α,β-unsaturated/α-hetero) is 2. The number of fused-ring (bicyclic) bond motifs is 3. The fraction of sp³-hybridized carbons (Fsp3) is 0.519. The number of aliphatic hydroxyl groups is 4. The molecule has 7 N–H and O–H groups in total. The third-order valence-electron chi connectivity index (χ3n) is 9.10. The first-order valence-electron chi connectivity index (χ1n) is 12.7. The number of anilines is 1. The summed E-state index contributed by atoms with van der Waals surface area (Å²) in [4.78, 5) is 42.3. The van der Waals surface area contributed by atoms with Crippen molar-refractivity contribution < 1.29 is 39.9 Å². The number of primary amides is 1. The summed E-state index contributed by atoms with van der Waals surface area (Å²) >= 11 is 0. The van der Waals surface area contributed by atoms with E-state index in [0.717, 1.165) is 25.9 Å². The molecule has 0 bridgehead atoms. The zero-order valence-corrected chi connectivity index (χ0v) is 21.5. The van der Waals surface area contributed by atoms with E-state index in [9.17, 15) is 39.9 Å². The van der Waals surface area contributed by atoms with E-state index in [4.69, 9.17) is 5.73 Å². The molecular weight excluding hydrogens is 494 g/mol. The minimum Gasteiger partial charge on any atom is -0.508 e. The predicted octanol–water partition coefficient (Wildman–Crippen LogP) is 0.486. The largest absolute Gasteiger partial charge is 0.508 e. The van der Waals surface area contributed by atoms with Crippen molar-refractivity contribution in [3.8, 4) is 5.75 Å². The number of likely N-dealkylation sites (tertiary alicyclic amines) is 1. The number of aliphatic hydroxyl groups excluding tert-OH is 3. The van der Waals surface area contributed by atoms with Crippen molar-refractivity contribution in [1.82, 2.24) is 4.90 Å². The average Bonchev–Trinajstić information content (AvgIpc) is 2.86. The highest BCUT2D eigenvalue weighted by molar-refractivity contribution is 6.23. The standard InChI is InChI=1S/C27H33N3O8/c1-11-13-4-5-15(30(3)12-6-8-29(2)9-7-12)22(33)18(13)23(34)20-17(11)21(32)14-10-16(31)19(26(28)37)24(35)27(14,38)25(20)36/h4-5,11-12,14,17,21,32-35,38H,6-10H2,1-3H3,(H2,28,37). The van der Waals surface area contributed by atoms with Gasteiger partial charge < -0.3 is 41.1 Å². The van der Waals surface area contributed by atoms with Gasteiger partial charge in [-0.25, -0.2) is 0 Å². The Labute approximate surface area is 219 Å². The maximum atomic E-state index is 13.8. The summed E-state index contributed by atoms with van der Waals surface area (Å²) < 4.78 is 0. The number of hydrogen-bond acceptors (Lipinski definition) is 10. The van der Waals surface area contributed by atoms with Gasteiger partial charge in [0.1, 0.15) is 22.8 Å². The molecule has 1 saturated heterocycles. The topological polar surface area (TPSA) is 185 Å². The molecule has 3 aliphatic carbocycles. The summed E-state index contributed by atoms with van der Waals surface area (Å²) in [7, 11) is 3.90. The summed E-state index contributed by atoms with van der Waals surface area (Å²) in [6.45, 7) is 3.51. The second kappa shape index (κ2) is 8.82. The molecule has 2 fully saturated rings. The van der Waals surface area contributed by atoms with E-state index < -0.39 is 70.4 Å². The Kier molecular flexibility index (Phi) is 6.08. The van der Waals surface area contributed by atoms with Crippen LogP contribution in [0.25, 0.3) is 5.76 Å². The molecule has 4 aliphatic rings. The van der Waals surface area contributed by atoms with Gasteiger partial charge in [0.15, 0.2) is 11.4 Å². The molecule has 0 aromatic heterocycles. The molecular formula is C27H33N3O8. The fourth-order valence-electron chi connectivity index (χ4n) is 6.85. The number of phenolic OH excluding ortho intramolecular Hbond substituents is 1. The van der Waals surface area contributed by atoms with Crippen molar-refractivity contribution in [3.05, 3.63) is 40.2 Å². The summed E-state index contributed by atoms with van der Waals surface area (Å²) in [5, 5.41) is 56.3. The van der Waals surface area contributed by atoms with Crippen molar-refractivity contribution in [1.29, 1.82) is 0 Å². The molecule has 1 aromatic rings. The summed E-state index contributed by atoms with van der Waals surface area (Å²) in [5.41, 5.74) is 2.05. The highest BCUT2D eigenvalue weighted by atomic mass is 16.4. The number of amides is 1. The van der Waals surface area contributed by atoms with Crippen LogP contribution in [0, 0.1) is 11.8 Å². The first-order chi connectivity index (χ1) is 17.8. The molecule has 5 atom stereocenters. The van der Waals surface area contributed by atoms with E-state index in [1.165, 1.54) is 0 Å². The second-order valence-electron chi connectivity index (χ2n) is 11.0. The quantitative estimate of drug-likeness (QED) is 0.302. The molecule has 1 heterocycles. The predicted molar refractivity (Wildman–Crippen MR) is 136 cm³/mol. The number of nitrogens with zero attached hydrogens (tertiary/aromatic N) is 2. The number of nitrogens with two attached hydrogens (primary N) is 1. The van der Waals surface area contributed by atoms with Gasteiger partial charge >= 0.3 is 0 Å². The van der Waals surface area contributed by atoms with Gasteiger partial charge in [0.05, 0.1) is 17.4 Å². The van der Waals surface area contributed by atoms with Crippen LogP contribution in [0.15, 0.2) is 29.0 Å².